The molecule has 1 atom stereocenters. The standard InChI is InChI=1S/C16H23N3O3/c1-22-16(21)19-12-5-3-9-14(19)15(20)18-11-6-8-13-7-2-4-10-17-13/h2,4,7,10,14H,3,5-6,8-9,11-12H2,1H3,(H,18,20)/t14-/m0/s1. The summed E-state index contributed by atoms with van der Waals surface area (Å²) in [6.45, 7) is 1.17. The zero-order valence-electron chi connectivity index (χ0n) is 13.0. The van der Waals surface area contributed by atoms with Gasteiger partial charge in [-0.1, -0.05) is 6.07 Å². The lowest BCUT2D eigenvalue weighted by molar-refractivity contribution is -0.126. The Kier molecular flexibility index (Phi) is 6.18. The summed E-state index contributed by atoms with van der Waals surface area (Å²) >= 11 is 0. The quantitative estimate of drug-likeness (QED) is 0.841. The minimum Gasteiger partial charge on any atom is -0.453 e. The number of hydrogen-bond donors (Lipinski definition) is 1. The van der Waals surface area contributed by atoms with Gasteiger partial charge in [-0.05, 0) is 44.2 Å². The molecule has 0 unspecified atom stereocenters. The molecule has 22 heavy (non-hydrogen) atoms. The lowest BCUT2D eigenvalue weighted by Crippen LogP contribution is -2.52. The molecule has 1 aromatic heterocycles. The normalized spacial score (nSPS) is 17.9. The minimum atomic E-state index is -0.423. The summed E-state index contributed by atoms with van der Waals surface area (Å²) in [5.41, 5.74) is 1.02. The summed E-state index contributed by atoms with van der Waals surface area (Å²) in [7, 11) is 1.35. The highest BCUT2D eigenvalue weighted by molar-refractivity contribution is 5.85. The van der Waals surface area contributed by atoms with Gasteiger partial charge in [0.2, 0.25) is 5.91 Å². The van der Waals surface area contributed by atoms with Crippen LogP contribution in [0.5, 0.6) is 0 Å². The molecule has 6 heteroatoms. The Hall–Kier alpha value is -2.11. The van der Waals surface area contributed by atoms with E-state index in [1.165, 1.54) is 12.0 Å². The lowest BCUT2D eigenvalue weighted by Gasteiger charge is -2.33. The van der Waals surface area contributed by atoms with Gasteiger partial charge in [-0.3, -0.25) is 14.7 Å². The second kappa shape index (κ2) is 8.36. The van der Waals surface area contributed by atoms with Crippen LogP contribution in [0.25, 0.3) is 0 Å². The molecule has 0 saturated carbocycles. The third kappa shape index (κ3) is 4.44. The summed E-state index contributed by atoms with van der Waals surface area (Å²) in [6.07, 6.45) is 5.57. The third-order valence-electron chi connectivity index (χ3n) is 3.85. The van der Waals surface area contributed by atoms with Gasteiger partial charge in [-0.25, -0.2) is 4.79 Å². The predicted octanol–water partition coefficient (Wildman–Crippen LogP) is 1.75. The Morgan fingerprint density at radius 2 is 2.27 bits per heavy atom. The van der Waals surface area contributed by atoms with Crippen molar-refractivity contribution in [3.63, 3.8) is 0 Å². The van der Waals surface area contributed by atoms with E-state index in [-0.39, 0.29) is 5.91 Å². The SMILES string of the molecule is COC(=O)N1CCCC[C@H]1C(=O)NCCCc1ccccn1. The number of piperidine rings is 1. The van der Waals surface area contributed by atoms with Crippen LogP contribution < -0.4 is 5.32 Å². The number of pyridine rings is 1. The van der Waals surface area contributed by atoms with Gasteiger partial charge in [-0.15, -0.1) is 0 Å². The fraction of sp³-hybridized carbons (Fsp3) is 0.562. The number of likely N-dealkylation sites (tertiary alicyclic amines) is 1. The number of aryl methyl sites for hydroxylation is 1. The molecule has 1 N–H and O–H groups in total. The highest BCUT2D eigenvalue weighted by atomic mass is 16.5. The van der Waals surface area contributed by atoms with Crippen molar-refractivity contribution in [2.24, 2.45) is 0 Å². The van der Waals surface area contributed by atoms with Crippen molar-refractivity contribution in [1.29, 1.82) is 0 Å². The molecule has 2 rings (SSSR count). The second-order valence-electron chi connectivity index (χ2n) is 5.39. The number of methoxy groups -OCH3 is 1. The number of carbonyl (C=O) groups is 2. The summed E-state index contributed by atoms with van der Waals surface area (Å²) in [5, 5.41) is 2.92. The van der Waals surface area contributed by atoms with Crippen LogP contribution in [0.1, 0.15) is 31.4 Å². The molecule has 1 fully saturated rings. The van der Waals surface area contributed by atoms with E-state index in [1.54, 1.807) is 6.20 Å². The maximum Gasteiger partial charge on any atom is 0.410 e. The number of carbonyl (C=O) groups excluding carboxylic acids is 2. The molecule has 0 radical (unpaired) electrons. The van der Waals surface area contributed by atoms with Crippen molar-refractivity contribution >= 4 is 12.0 Å². The smallest absolute Gasteiger partial charge is 0.410 e. The van der Waals surface area contributed by atoms with Crippen molar-refractivity contribution in [1.82, 2.24) is 15.2 Å². The molecule has 1 saturated heterocycles. The van der Waals surface area contributed by atoms with E-state index >= 15 is 0 Å². The van der Waals surface area contributed by atoms with Gasteiger partial charge in [-0.2, -0.15) is 0 Å². The van der Waals surface area contributed by atoms with Crippen molar-refractivity contribution in [3.8, 4) is 0 Å². The molecule has 1 aromatic rings. The number of amides is 2. The molecule has 0 aliphatic carbocycles. The summed E-state index contributed by atoms with van der Waals surface area (Å²) in [5.74, 6) is -0.0916. The Labute approximate surface area is 130 Å². The van der Waals surface area contributed by atoms with Gasteiger partial charge in [0.05, 0.1) is 7.11 Å². The molecular formula is C16H23N3O3. The topological polar surface area (TPSA) is 71.5 Å². The fourth-order valence-electron chi connectivity index (χ4n) is 2.68. The van der Waals surface area contributed by atoms with Gasteiger partial charge in [0.25, 0.3) is 0 Å². The fourth-order valence-corrected chi connectivity index (χ4v) is 2.68. The average Bonchev–Trinajstić information content (AvgIpc) is 2.58. The molecule has 0 spiro atoms. The Balaban J connectivity index is 1.76. The average molecular weight is 305 g/mol. The predicted molar refractivity (Wildman–Crippen MR) is 82.3 cm³/mol. The first kappa shape index (κ1) is 16.3. The minimum absolute atomic E-state index is 0.0916. The van der Waals surface area contributed by atoms with Crippen LogP contribution in [-0.2, 0) is 16.0 Å². The van der Waals surface area contributed by atoms with Gasteiger partial charge >= 0.3 is 6.09 Å². The van der Waals surface area contributed by atoms with Crippen molar-refractivity contribution in [2.45, 2.75) is 38.1 Å². The molecule has 0 aromatic carbocycles. The zero-order chi connectivity index (χ0) is 15.8. The first-order valence-corrected chi connectivity index (χ1v) is 7.74. The summed E-state index contributed by atoms with van der Waals surface area (Å²) in [4.78, 5) is 29.8. The molecule has 1 aliphatic rings. The van der Waals surface area contributed by atoms with E-state index in [2.05, 4.69) is 10.3 Å². The van der Waals surface area contributed by atoms with Gasteiger partial charge in [0.15, 0.2) is 0 Å². The Morgan fingerprint density at radius 3 is 3.00 bits per heavy atom. The maximum absolute atomic E-state index is 12.3. The van der Waals surface area contributed by atoms with Crippen molar-refractivity contribution in [3.05, 3.63) is 30.1 Å². The van der Waals surface area contributed by atoms with Crippen molar-refractivity contribution in [2.75, 3.05) is 20.2 Å². The van der Waals surface area contributed by atoms with Crippen molar-refractivity contribution < 1.29 is 14.3 Å². The number of aromatic nitrogens is 1. The monoisotopic (exact) mass is 305 g/mol. The van der Waals surface area contributed by atoms with Crippen LogP contribution in [-0.4, -0.2) is 48.1 Å². The second-order valence-corrected chi connectivity index (χ2v) is 5.39. The number of nitrogens with one attached hydrogen (secondary N) is 1. The molecule has 2 heterocycles. The first-order valence-electron chi connectivity index (χ1n) is 7.74. The van der Waals surface area contributed by atoms with E-state index in [4.69, 9.17) is 4.74 Å². The molecular weight excluding hydrogens is 282 g/mol. The summed E-state index contributed by atoms with van der Waals surface area (Å²) in [6, 6.07) is 5.41. The third-order valence-corrected chi connectivity index (χ3v) is 3.85. The molecule has 0 bridgehead atoms. The van der Waals surface area contributed by atoms with Gasteiger partial charge in [0, 0.05) is 25.0 Å². The van der Waals surface area contributed by atoms with Crippen LogP contribution in [0.4, 0.5) is 4.79 Å². The van der Waals surface area contributed by atoms with E-state index in [1.807, 2.05) is 18.2 Å². The van der Waals surface area contributed by atoms with E-state index in [0.29, 0.717) is 19.5 Å². The molecule has 120 valence electrons. The molecule has 2 amide bonds. The van der Waals surface area contributed by atoms with Crippen LogP contribution in [0.3, 0.4) is 0 Å². The van der Waals surface area contributed by atoms with Crippen LogP contribution in [0.15, 0.2) is 24.4 Å². The molecule has 6 nitrogen and oxygen atoms in total. The Bertz CT molecular complexity index is 493. The summed E-state index contributed by atoms with van der Waals surface area (Å²) < 4.78 is 4.75. The molecule has 1 aliphatic heterocycles. The van der Waals surface area contributed by atoms with Crippen LogP contribution in [0.2, 0.25) is 0 Å². The van der Waals surface area contributed by atoms with E-state index < -0.39 is 12.1 Å². The van der Waals surface area contributed by atoms with Gasteiger partial charge in [0.1, 0.15) is 6.04 Å². The highest BCUT2D eigenvalue weighted by Gasteiger charge is 2.32. The van der Waals surface area contributed by atoms with Crippen LogP contribution in [0, 0.1) is 0 Å². The first-order chi connectivity index (χ1) is 10.7. The lowest BCUT2D eigenvalue weighted by atomic mass is 10.0. The maximum atomic E-state index is 12.3. The van der Waals surface area contributed by atoms with Gasteiger partial charge < -0.3 is 10.1 Å². The van der Waals surface area contributed by atoms with Crippen LogP contribution >= 0.6 is 0 Å². The largest absolute Gasteiger partial charge is 0.453 e. The number of hydrogen-bond acceptors (Lipinski definition) is 4. The van der Waals surface area contributed by atoms with E-state index in [0.717, 1.165) is 31.4 Å². The number of ether oxygens (including phenoxy) is 1. The number of rotatable bonds is 5. The highest BCUT2D eigenvalue weighted by Crippen LogP contribution is 2.18. The van der Waals surface area contributed by atoms with E-state index in [9.17, 15) is 9.59 Å². The number of nitrogens with zero attached hydrogens (tertiary/aromatic N) is 2. The zero-order valence-corrected chi connectivity index (χ0v) is 13.0. The Morgan fingerprint density at radius 1 is 1.41 bits per heavy atom.